The summed E-state index contributed by atoms with van der Waals surface area (Å²) >= 11 is 0. The van der Waals surface area contributed by atoms with Crippen LogP contribution in [0.25, 0.3) is 6.08 Å². The summed E-state index contributed by atoms with van der Waals surface area (Å²) in [5.74, 6) is -0.0647. The number of sulfone groups is 1. The number of ether oxygens (including phenoxy) is 1. The van der Waals surface area contributed by atoms with Gasteiger partial charge >= 0.3 is 0 Å². The largest absolute Gasteiger partial charge is 0.489 e. The van der Waals surface area contributed by atoms with Crippen molar-refractivity contribution < 1.29 is 17.9 Å². The molecule has 0 atom stereocenters. The molecule has 158 valence electrons. The summed E-state index contributed by atoms with van der Waals surface area (Å²) in [6, 6.07) is 23.4. The van der Waals surface area contributed by atoms with E-state index in [1.54, 1.807) is 72.8 Å². The van der Waals surface area contributed by atoms with Gasteiger partial charge in [-0.05, 0) is 44.2 Å². The topological polar surface area (TPSA) is 60.4 Å². The molecule has 0 amide bonds. The normalized spacial score (nSPS) is 11.6. The molecule has 0 heterocycles. The second-order valence-electron chi connectivity index (χ2n) is 7.15. The summed E-state index contributed by atoms with van der Waals surface area (Å²) in [4.78, 5) is 13.0. The minimum atomic E-state index is -4.05. The van der Waals surface area contributed by atoms with E-state index in [0.717, 1.165) is 5.57 Å². The number of allylic oxidation sites excluding steroid dienone is 2. The number of benzene rings is 3. The molecule has 0 radical (unpaired) electrons. The van der Waals surface area contributed by atoms with Crippen LogP contribution in [0.15, 0.2) is 106 Å². The Morgan fingerprint density at radius 2 is 1.42 bits per heavy atom. The lowest BCUT2D eigenvalue weighted by Gasteiger charge is -2.12. The maximum absolute atomic E-state index is 13.4. The van der Waals surface area contributed by atoms with Gasteiger partial charge in [0.05, 0.1) is 4.90 Å². The highest BCUT2D eigenvalue weighted by molar-refractivity contribution is 7.96. The Labute approximate surface area is 183 Å². The Bertz CT molecular complexity index is 1200. The summed E-state index contributed by atoms with van der Waals surface area (Å²) in [5.41, 5.74) is 1.93. The van der Waals surface area contributed by atoms with Gasteiger partial charge in [0.2, 0.25) is 15.6 Å². The van der Waals surface area contributed by atoms with Crippen LogP contribution in [0.1, 0.15) is 29.8 Å². The number of para-hydroxylation sites is 1. The van der Waals surface area contributed by atoms with Crippen molar-refractivity contribution in [3.63, 3.8) is 0 Å². The van der Waals surface area contributed by atoms with Crippen LogP contribution in [0.5, 0.6) is 5.75 Å². The molecular formula is C26H24O4S. The van der Waals surface area contributed by atoms with E-state index in [1.807, 2.05) is 19.9 Å². The number of carbonyl (C=O) groups is 1. The third kappa shape index (κ3) is 5.58. The zero-order valence-electron chi connectivity index (χ0n) is 17.5. The van der Waals surface area contributed by atoms with Crippen LogP contribution in [0.4, 0.5) is 0 Å². The molecule has 0 aromatic heterocycles. The van der Waals surface area contributed by atoms with Crippen LogP contribution >= 0.6 is 0 Å². The lowest BCUT2D eigenvalue weighted by molar-refractivity contribution is 0.104. The molecule has 4 nitrogen and oxygen atoms in total. The first-order valence-electron chi connectivity index (χ1n) is 9.86. The SMILES string of the molecule is CC(C)=CCOc1ccccc1C=C(C(=O)c1ccccc1)S(=O)(=O)c1ccccc1. The molecule has 3 aromatic carbocycles. The van der Waals surface area contributed by atoms with E-state index in [-0.39, 0.29) is 9.80 Å². The molecular weight excluding hydrogens is 408 g/mol. The van der Waals surface area contributed by atoms with Crippen LogP contribution in [0.2, 0.25) is 0 Å². The van der Waals surface area contributed by atoms with Gasteiger partial charge in [0.25, 0.3) is 0 Å². The Morgan fingerprint density at radius 3 is 2.06 bits per heavy atom. The van der Waals surface area contributed by atoms with E-state index in [1.165, 1.54) is 18.2 Å². The molecule has 0 aliphatic heterocycles. The second-order valence-corrected chi connectivity index (χ2v) is 9.07. The lowest BCUT2D eigenvalue weighted by atomic mass is 10.1. The standard InChI is InChI=1S/C26H24O4S/c1-20(2)17-18-30-24-16-10-9-13-22(24)19-25(26(27)21-11-5-3-6-12-21)31(28,29)23-14-7-4-8-15-23/h3-17,19H,18H2,1-2H3. The molecule has 3 rings (SSSR count). The molecule has 5 heteroatoms. The maximum atomic E-state index is 13.4. The maximum Gasteiger partial charge on any atom is 0.210 e. The van der Waals surface area contributed by atoms with Gasteiger partial charge in [0.15, 0.2) is 0 Å². The number of ketones is 1. The Kier molecular flexibility index (Phi) is 7.21. The van der Waals surface area contributed by atoms with Crippen LogP contribution in [0.3, 0.4) is 0 Å². The molecule has 0 fully saturated rings. The van der Waals surface area contributed by atoms with Crippen LogP contribution in [0, 0.1) is 0 Å². The van der Waals surface area contributed by atoms with Crippen LogP contribution in [-0.4, -0.2) is 20.8 Å². The van der Waals surface area contributed by atoms with Crippen molar-refractivity contribution in [2.75, 3.05) is 6.61 Å². The third-order valence-electron chi connectivity index (χ3n) is 4.54. The smallest absolute Gasteiger partial charge is 0.210 e. The lowest BCUT2D eigenvalue weighted by Crippen LogP contribution is -2.14. The highest BCUT2D eigenvalue weighted by Gasteiger charge is 2.28. The predicted molar refractivity (Wildman–Crippen MR) is 124 cm³/mol. The van der Waals surface area contributed by atoms with Gasteiger partial charge in [0, 0.05) is 11.1 Å². The average molecular weight is 433 g/mol. The van der Waals surface area contributed by atoms with Crippen molar-refractivity contribution >= 4 is 21.7 Å². The zero-order chi connectivity index (χ0) is 22.3. The van der Waals surface area contributed by atoms with Gasteiger partial charge in [-0.3, -0.25) is 4.79 Å². The van der Waals surface area contributed by atoms with E-state index < -0.39 is 15.6 Å². The molecule has 0 saturated carbocycles. The van der Waals surface area contributed by atoms with Gasteiger partial charge in [0.1, 0.15) is 17.3 Å². The van der Waals surface area contributed by atoms with Crippen molar-refractivity contribution in [1.82, 2.24) is 0 Å². The van der Waals surface area contributed by atoms with Gasteiger partial charge < -0.3 is 4.74 Å². The highest BCUT2D eigenvalue weighted by Crippen LogP contribution is 2.28. The average Bonchev–Trinajstić information content (AvgIpc) is 2.78. The molecule has 0 bridgehead atoms. The zero-order valence-corrected chi connectivity index (χ0v) is 18.3. The number of hydrogen-bond acceptors (Lipinski definition) is 4. The third-order valence-corrected chi connectivity index (χ3v) is 6.31. The summed E-state index contributed by atoms with van der Waals surface area (Å²) in [6.07, 6.45) is 3.33. The molecule has 0 aliphatic rings. The fourth-order valence-corrected chi connectivity index (χ4v) is 4.31. The summed E-state index contributed by atoms with van der Waals surface area (Å²) in [7, 11) is -4.05. The van der Waals surface area contributed by atoms with Crippen molar-refractivity contribution in [2.45, 2.75) is 18.7 Å². The summed E-state index contributed by atoms with van der Waals surface area (Å²) < 4.78 is 32.7. The van der Waals surface area contributed by atoms with E-state index in [4.69, 9.17) is 4.74 Å². The number of rotatable bonds is 8. The fourth-order valence-electron chi connectivity index (χ4n) is 2.89. The molecule has 0 saturated heterocycles. The van der Waals surface area contributed by atoms with Gasteiger partial charge in [-0.1, -0.05) is 72.3 Å². The van der Waals surface area contributed by atoms with Gasteiger partial charge in [-0.15, -0.1) is 0 Å². The molecule has 3 aromatic rings. The Balaban J connectivity index is 2.13. The van der Waals surface area contributed by atoms with Gasteiger partial charge in [-0.2, -0.15) is 0 Å². The predicted octanol–water partition coefficient (Wildman–Crippen LogP) is 5.73. The number of Topliss-reactive ketones (excluding diaryl/α,β-unsaturated/α-hetero) is 1. The van der Waals surface area contributed by atoms with E-state index >= 15 is 0 Å². The highest BCUT2D eigenvalue weighted by atomic mass is 32.2. The molecule has 0 N–H and O–H groups in total. The first-order valence-corrected chi connectivity index (χ1v) is 11.3. The molecule has 0 unspecified atom stereocenters. The van der Waals surface area contributed by atoms with Crippen molar-refractivity contribution in [3.8, 4) is 5.75 Å². The van der Waals surface area contributed by atoms with E-state index in [0.29, 0.717) is 23.5 Å². The summed E-state index contributed by atoms with van der Waals surface area (Å²) in [6.45, 7) is 4.29. The molecule has 31 heavy (non-hydrogen) atoms. The van der Waals surface area contributed by atoms with Crippen molar-refractivity contribution in [3.05, 3.63) is 113 Å². The van der Waals surface area contributed by atoms with E-state index in [9.17, 15) is 13.2 Å². The van der Waals surface area contributed by atoms with E-state index in [2.05, 4.69) is 0 Å². The van der Waals surface area contributed by atoms with Gasteiger partial charge in [-0.25, -0.2) is 8.42 Å². The summed E-state index contributed by atoms with van der Waals surface area (Å²) in [5, 5.41) is 0. The quantitative estimate of drug-likeness (QED) is 0.259. The fraction of sp³-hybridized carbons (Fsp3) is 0.115. The number of hydrogen-bond donors (Lipinski definition) is 0. The Hall–Kier alpha value is -3.44. The minimum Gasteiger partial charge on any atom is -0.489 e. The first kappa shape index (κ1) is 22.2. The number of carbonyl (C=O) groups excluding carboxylic acids is 1. The monoisotopic (exact) mass is 432 g/mol. The molecule has 0 spiro atoms. The first-order chi connectivity index (χ1) is 14.9. The van der Waals surface area contributed by atoms with Crippen LogP contribution < -0.4 is 4.74 Å². The minimum absolute atomic E-state index is 0.0634. The van der Waals surface area contributed by atoms with Crippen molar-refractivity contribution in [1.29, 1.82) is 0 Å². The van der Waals surface area contributed by atoms with Crippen molar-refractivity contribution in [2.24, 2.45) is 0 Å². The molecule has 0 aliphatic carbocycles. The Morgan fingerprint density at radius 1 is 0.839 bits per heavy atom. The second kappa shape index (κ2) is 10.0. The van der Waals surface area contributed by atoms with Crippen LogP contribution in [-0.2, 0) is 9.84 Å².